The van der Waals surface area contributed by atoms with E-state index in [9.17, 15) is 13.2 Å². The first-order valence-electron chi connectivity index (χ1n) is 6.10. The van der Waals surface area contributed by atoms with Crippen LogP contribution in [0.5, 0.6) is 0 Å². The maximum absolute atomic E-state index is 11.5. The highest BCUT2D eigenvalue weighted by molar-refractivity contribution is 7.91. The van der Waals surface area contributed by atoms with Gasteiger partial charge in [0.05, 0.1) is 5.60 Å². The van der Waals surface area contributed by atoms with E-state index in [0.717, 1.165) is 16.2 Å². The number of ether oxygens (including phenoxy) is 1. The second kappa shape index (κ2) is 6.66. The van der Waals surface area contributed by atoms with Gasteiger partial charge < -0.3 is 10.1 Å². The molecule has 8 heteroatoms. The molecular weight excluding hydrogens is 300 g/mol. The Balaban J connectivity index is 2.34. The molecule has 0 spiro atoms. The number of primary sulfonamides is 1. The molecule has 0 unspecified atom stereocenters. The summed E-state index contributed by atoms with van der Waals surface area (Å²) in [6.07, 6.45) is 0.557. The lowest BCUT2D eigenvalue weighted by Crippen LogP contribution is -2.33. The summed E-state index contributed by atoms with van der Waals surface area (Å²) >= 11 is 1.11. The van der Waals surface area contributed by atoms with Crippen molar-refractivity contribution in [1.29, 1.82) is 0 Å². The number of carbonyl (C=O) groups is 1. The van der Waals surface area contributed by atoms with Gasteiger partial charge >= 0.3 is 0 Å². The molecule has 114 valence electrons. The van der Waals surface area contributed by atoms with E-state index in [1.165, 1.54) is 6.07 Å². The lowest BCUT2D eigenvalue weighted by Gasteiger charge is -2.18. The van der Waals surface area contributed by atoms with Crippen molar-refractivity contribution in [2.24, 2.45) is 5.14 Å². The molecular formula is C12H20N2O4S2. The summed E-state index contributed by atoms with van der Waals surface area (Å²) < 4.78 is 27.7. The molecule has 0 saturated carbocycles. The third kappa shape index (κ3) is 6.47. The first-order chi connectivity index (χ1) is 9.08. The van der Waals surface area contributed by atoms with Gasteiger partial charge in [-0.15, -0.1) is 11.3 Å². The number of amides is 1. The molecule has 0 saturated heterocycles. The summed E-state index contributed by atoms with van der Waals surface area (Å²) in [7, 11) is -3.64. The Hall–Kier alpha value is -0.960. The molecule has 0 bridgehead atoms. The zero-order chi connectivity index (χ0) is 15.4. The zero-order valence-electron chi connectivity index (χ0n) is 11.8. The normalized spacial score (nSPS) is 12.4. The van der Waals surface area contributed by atoms with E-state index in [1.54, 1.807) is 6.07 Å². The van der Waals surface area contributed by atoms with Gasteiger partial charge in [-0.1, -0.05) is 0 Å². The summed E-state index contributed by atoms with van der Waals surface area (Å²) in [4.78, 5) is 12.3. The van der Waals surface area contributed by atoms with E-state index < -0.39 is 10.0 Å². The van der Waals surface area contributed by atoms with Crippen LogP contribution in [0.2, 0.25) is 0 Å². The van der Waals surface area contributed by atoms with Crippen LogP contribution in [0.25, 0.3) is 0 Å². The van der Waals surface area contributed by atoms with Crippen molar-refractivity contribution in [3.05, 3.63) is 17.0 Å². The summed E-state index contributed by atoms with van der Waals surface area (Å²) in [6.45, 7) is 6.06. The first-order valence-corrected chi connectivity index (χ1v) is 8.46. The number of nitrogens with two attached hydrogens (primary N) is 1. The molecule has 1 aromatic heterocycles. The van der Waals surface area contributed by atoms with Crippen LogP contribution in [-0.4, -0.2) is 33.1 Å². The van der Waals surface area contributed by atoms with Gasteiger partial charge in [0.25, 0.3) is 0 Å². The fourth-order valence-corrected chi connectivity index (χ4v) is 3.08. The summed E-state index contributed by atoms with van der Waals surface area (Å²) in [5, 5.41) is 7.74. The van der Waals surface area contributed by atoms with Crippen molar-refractivity contribution >= 4 is 27.3 Å². The minimum Gasteiger partial charge on any atom is -0.366 e. The van der Waals surface area contributed by atoms with Crippen LogP contribution in [0.1, 0.15) is 25.6 Å². The van der Waals surface area contributed by atoms with E-state index in [0.29, 0.717) is 13.0 Å². The van der Waals surface area contributed by atoms with Gasteiger partial charge in [-0.25, -0.2) is 13.6 Å². The average molecular weight is 320 g/mol. The number of hydrogen-bond donors (Lipinski definition) is 2. The van der Waals surface area contributed by atoms with Gasteiger partial charge in [0.2, 0.25) is 15.9 Å². The largest absolute Gasteiger partial charge is 0.366 e. The second-order valence-corrected chi connectivity index (χ2v) is 8.22. The van der Waals surface area contributed by atoms with Gasteiger partial charge in [0.1, 0.15) is 10.8 Å². The van der Waals surface area contributed by atoms with Crippen LogP contribution in [0.15, 0.2) is 16.3 Å². The third-order valence-electron chi connectivity index (χ3n) is 2.25. The maximum atomic E-state index is 11.5. The molecule has 6 nitrogen and oxygen atoms in total. The topological polar surface area (TPSA) is 98.5 Å². The summed E-state index contributed by atoms with van der Waals surface area (Å²) in [5.41, 5.74) is -0.352. The average Bonchev–Trinajstić information content (AvgIpc) is 2.74. The molecule has 1 rings (SSSR count). The van der Waals surface area contributed by atoms with Crippen LogP contribution in [0.3, 0.4) is 0 Å². The van der Waals surface area contributed by atoms with Crippen molar-refractivity contribution in [2.45, 2.75) is 37.0 Å². The maximum Gasteiger partial charge on any atom is 0.247 e. The highest BCUT2D eigenvalue weighted by Gasteiger charge is 2.13. The number of rotatable bonds is 6. The van der Waals surface area contributed by atoms with E-state index in [2.05, 4.69) is 5.32 Å². The second-order valence-electron chi connectivity index (χ2n) is 5.27. The van der Waals surface area contributed by atoms with E-state index in [4.69, 9.17) is 9.88 Å². The SMILES string of the molecule is CC(C)(C)OCC(=O)NCCc1ccc(S(N)(=O)=O)s1. The summed E-state index contributed by atoms with van der Waals surface area (Å²) in [6, 6.07) is 3.17. The van der Waals surface area contributed by atoms with E-state index in [1.807, 2.05) is 20.8 Å². The predicted molar refractivity (Wildman–Crippen MR) is 78.1 cm³/mol. The Labute approximate surface area is 123 Å². The highest BCUT2D eigenvalue weighted by Crippen LogP contribution is 2.20. The number of nitrogens with one attached hydrogen (secondary N) is 1. The molecule has 1 amide bonds. The number of thiophene rings is 1. The van der Waals surface area contributed by atoms with Crippen molar-refractivity contribution in [1.82, 2.24) is 5.32 Å². The first kappa shape index (κ1) is 17.1. The summed E-state index contributed by atoms with van der Waals surface area (Å²) in [5.74, 6) is -0.192. The molecule has 0 radical (unpaired) electrons. The van der Waals surface area contributed by atoms with E-state index in [-0.39, 0.29) is 22.3 Å². The molecule has 0 aliphatic rings. The van der Waals surface area contributed by atoms with E-state index >= 15 is 0 Å². The lowest BCUT2D eigenvalue weighted by molar-refractivity contribution is -0.130. The quantitative estimate of drug-likeness (QED) is 0.812. The molecule has 0 fully saturated rings. The lowest BCUT2D eigenvalue weighted by atomic mass is 10.2. The fraction of sp³-hybridized carbons (Fsp3) is 0.583. The molecule has 3 N–H and O–H groups in total. The minimum absolute atomic E-state index is 0.0103. The van der Waals surface area contributed by atoms with Gasteiger partial charge in [-0.3, -0.25) is 4.79 Å². The van der Waals surface area contributed by atoms with Crippen LogP contribution >= 0.6 is 11.3 Å². The molecule has 0 aromatic carbocycles. The molecule has 1 aromatic rings. The number of sulfonamides is 1. The van der Waals surface area contributed by atoms with Gasteiger partial charge in [-0.2, -0.15) is 0 Å². The zero-order valence-corrected chi connectivity index (χ0v) is 13.4. The monoisotopic (exact) mass is 320 g/mol. The van der Waals surface area contributed by atoms with Crippen LogP contribution in [0.4, 0.5) is 0 Å². The van der Waals surface area contributed by atoms with Gasteiger partial charge in [0.15, 0.2) is 0 Å². The van der Waals surface area contributed by atoms with Gasteiger partial charge in [-0.05, 0) is 39.3 Å². The van der Waals surface area contributed by atoms with Crippen molar-refractivity contribution in [3.63, 3.8) is 0 Å². The predicted octanol–water partition coefficient (Wildman–Crippen LogP) is 0.869. The molecule has 1 heterocycles. The Kier molecular flexibility index (Phi) is 5.69. The Bertz CT molecular complexity index is 558. The van der Waals surface area contributed by atoms with Crippen molar-refractivity contribution < 1.29 is 17.9 Å². The van der Waals surface area contributed by atoms with Crippen molar-refractivity contribution in [2.75, 3.05) is 13.2 Å². The Morgan fingerprint density at radius 2 is 2.05 bits per heavy atom. The molecule has 0 aliphatic carbocycles. The third-order valence-corrected chi connectivity index (χ3v) is 4.83. The van der Waals surface area contributed by atoms with Crippen molar-refractivity contribution in [3.8, 4) is 0 Å². The molecule has 0 atom stereocenters. The number of hydrogen-bond acceptors (Lipinski definition) is 5. The van der Waals surface area contributed by atoms with Crippen LogP contribution in [-0.2, 0) is 26.0 Å². The van der Waals surface area contributed by atoms with Crippen LogP contribution in [0, 0.1) is 0 Å². The fourth-order valence-electron chi connectivity index (χ4n) is 1.30. The molecule has 20 heavy (non-hydrogen) atoms. The smallest absolute Gasteiger partial charge is 0.247 e. The Morgan fingerprint density at radius 1 is 1.40 bits per heavy atom. The molecule has 0 aliphatic heterocycles. The Morgan fingerprint density at radius 3 is 2.55 bits per heavy atom. The highest BCUT2D eigenvalue weighted by atomic mass is 32.2. The minimum atomic E-state index is -3.64. The van der Waals surface area contributed by atoms with Gasteiger partial charge in [0, 0.05) is 11.4 Å². The number of carbonyl (C=O) groups excluding carboxylic acids is 1. The van der Waals surface area contributed by atoms with Crippen LogP contribution < -0.4 is 10.5 Å². The standard InChI is InChI=1S/C12H20N2O4S2/c1-12(2,3)18-8-10(15)14-7-6-9-4-5-11(19-9)20(13,16)17/h4-5H,6-8H2,1-3H3,(H,14,15)(H2,13,16,17).